The van der Waals surface area contributed by atoms with Crippen molar-refractivity contribution in [1.29, 1.82) is 0 Å². The smallest absolute Gasteiger partial charge is 0.332 e. The standard InChI is InChI=1S/C15H14FN5O4/c1-19-12-11(13(24)20(2)15(19)25)21(7-10(22)23)14(18-12)17-9-5-3-8(16)4-6-9/h3-6H,7H2,1-2H3,(H,17,18)(H,22,23). The van der Waals surface area contributed by atoms with Crippen LogP contribution in [0.5, 0.6) is 0 Å². The maximum absolute atomic E-state index is 13.0. The van der Waals surface area contributed by atoms with Gasteiger partial charge in [0.15, 0.2) is 11.2 Å². The Labute approximate surface area is 139 Å². The van der Waals surface area contributed by atoms with Crippen molar-refractivity contribution in [3.05, 3.63) is 50.9 Å². The zero-order valence-corrected chi connectivity index (χ0v) is 13.4. The van der Waals surface area contributed by atoms with E-state index in [9.17, 15) is 18.8 Å². The van der Waals surface area contributed by atoms with Gasteiger partial charge >= 0.3 is 11.7 Å². The maximum atomic E-state index is 13.0. The summed E-state index contributed by atoms with van der Waals surface area (Å²) >= 11 is 0. The molecule has 2 aromatic heterocycles. The molecule has 0 fully saturated rings. The van der Waals surface area contributed by atoms with Crippen molar-refractivity contribution < 1.29 is 14.3 Å². The molecule has 0 aliphatic heterocycles. The Bertz CT molecular complexity index is 1090. The summed E-state index contributed by atoms with van der Waals surface area (Å²) < 4.78 is 16.2. The molecule has 0 aliphatic rings. The molecule has 0 spiro atoms. The van der Waals surface area contributed by atoms with Crippen LogP contribution in [0.15, 0.2) is 33.9 Å². The Hall–Kier alpha value is -3.43. The van der Waals surface area contributed by atoms with Gasteiger partial charge in [0, 0.05) is 19.8 Å². The molecule has 25 heavy (non-hydrogen) atoms. The van der Waals surface area contributed by atoms with Crippen molar-refractivity contribution in [2.24, 2.45) is 14.1 Å². The van der Waals surface area contributed by atoms with Gasteiger partial charge in [-0.15, -0.1) is 0 Å². The van der Waals surface area contributed by atoms with Crippen LogP contribution < -0.4 is 16.6 Å². The molecule has 0 unspecified atom stereocenters. The highest BCUT2D eigenvalue weighted by molar-refractivity contribution is 5.79. The fraction of sp³-hybridized carbons (Fsp3) is 0.200. The molecule has 0 radical (unpaired) electrons. The summed E-state index contributed by atoms with van der Waals surface area (Å²) in [4.78, 5) is 39.9. The van der Waals surface area contributed by atoms with E-state index in [1.54, 1.807) is 0 Å². The van der Waals surface area contributed by atoms with Gasteiger partial charge in [-0.3, -0.25) is 23.3 Å². The number of imidazole rings is 1. The van der Waals surface area contributed by atoms with Gasteiger partial charge in [-0.25, -0.2) is 9.18 Å². The highest BCUT2D eigenvalue weighted by Gasteiger charge is 2.20. The van der Waals surface area contributed by atoms with E-state index in [-0.39, 0.29) is 17.1 Å². The topological polar surface area (TPSA) is 111 Å². The first-order chi connectivity index (χ1) is 11.8. The van der Waals surface area contributed by atoms with Crippen LogP contribution in [0.25, 0.3) is 11.2 Å². The predicted molar refractivity (Wildman–Crippen MR) is 87.5 cm³/mol. The number of carboxylic acids is 1. The number of benzene rings is 1. The molecule has 130 valence electrons. The molecule has 2 heterocycles. The van der Waals surface area contributed by atoms with Crippen LogP contribution in [-0.4, -0.2) is 29.8 Å². The van der Waals surface area contributed by atoms with Gasteiger partial charge in [-0.1, -0.05) is 0 Å². The summed E-state index contributed by atoms with van der Waals surface area (Å²) in [5, 5.41) is 12.0. The first kappa shape index (κ1) is 16.4. The molecule has 0 bridgehead atoms. The predicted octanol–water partition coefficient (Wildman–Crippen LogP) is 0.401. The molecular formula is C15H14FN5O4. The molecular weight excluding hydrogens is 333 g/mol. The fourth-order valence-electron chi connectivity index (χ4n) is 2.49. The number of hydrogen-bond donors (Lipinski definition) is 2. The van der Waals surface area contributed by atoms with Gasteiger partial charge < -0.3 is 10.4 Å². The minimum atomic E-state index is -1.18. The summed E-state index contributed by atoms with van der Waals surface area (Å²) in [6, 6.07) is 5.33. The van der Waals surface area contributed by atoms with E-state index in [1.165, 1.54) is 42.9 Å². The summed E-state index contributed by atoms with van der Waals surface area (Å²) in [6.07, 6.45) is 0. The normalized spacial score (nSPS) is 11.0. The number of aliphatic carboxylic acids is 1. The van der Waals surface area contributed by atoms with E-state index in [1.807, 2.05) is 0 Å². The molecule has 3 rings (SSSR count). The third kappa shape index (κ3) is 2.77. The molecule has 0 atom stereocenters. The molecule has 2 N–H and O–H groups in total. The number of nitrogens with zero attached hydrogens (tertiary/aromatic N) is 4. The van der Waals surface area contributed by atoms with Gasteiger partial charge in [0.1, 0.15) is 12.4 Å². The summed E-state index contributed by atoms with van der Waals surface area (Å²) in [6.45, 7) is -0.534. The lowest BCUT2D eigenvalue weighted by Crippen LogP contribution is -2.37. The Morgan fingerprint density at radius 1 is 1.20 bits per heavy atom. The molecule has 10 heteroatoms. The quantitative estimate of drug-likeness (QED) is 0.707. The zero-order valence-electron chi connectivity index (χ0n) is 13.4. The number of carboxylic acid groups (broad SMARTS) is 1. The van der Waals surface area contributed by atoms with Crippen LogP contribution >= 0.6 is 0 Å². The second-order valence-corrected chi connectivity index (χ2v) is 5.43. The van der Waals surface area contributed by atoms with Crippen LogP contribution in [0.1, 0.15) is 0 Å². The number of nitrogens with one attached hydrogen (secondary N) is 1. The van der Waals surface area contributed by atoms with Crippen molar-refractivity contribution in [2.45, 2.75) is 6.54 Å². The summed E-state index contributed by atoms with van der Waals surface area (Å²) in [5.41, 5.74) is -0.745. The zero-order chi connectivity index (χ0) is 18.3. The van der Waals surface area contributed by atoms with Crippen LogP contribution in [0.3, 0.4) is 0 Å². The van der Waals surface area contributed by atoms with Crippen LogP contribution in [0.4, 0.5) is 16.0 Å². The van der Waals surface area contributed by atoms with Gasteiger partial charge in [-0.05, 0) is 24.3 Å². The van der Waals surface area contributed by atoms with Crippen molar-refractivity contribution in [1.82, 2.24) is 18.7 Å². The van der Waals surface area contributed by atoms with Crippen molar-refractivity contribution in [3.8, 4) is 0 Å². The monoisotopic (exact) mass is 347 g/mol. The molecule has 9 nitrogen and oxygen atoms in total. The van der Waals surface area contributed by atoms with Gasteiger partial charge in [-0.2, -0.15) is 4.98 Å². The average molecular weight is 347 g/mol. The maximum Gasteiger partial charge on any atom is 0.332 e. The van der Waals surface area contributed by atoms with E-state index in [4.69, 9.17) is 5.11 Å². The minimum absolute atomic E-state index is 0.0170. The summed E-state index contributed by atoms with van der Waals surface area (Å²) in [7, 11) is 2.74. The third-order valence-corrected chi connectivity index (χ3v) is 3.74. The Balaban J connectivity index is 2.27. The SMILES string of the molecule is Cn1c(=O)c2c(nc(Nc3ccc(F)cc3)n2CC(=O)O)n(C)c1=O. The second-order valence-electron chi connectivity index (χ2n) is 5.43. The van der Waals surface area contributed by atoms with E-state index in [0.717, 1.165) is 9.13 Å². The summed E-state index contributed by atoms with van der Waals surface area (Å²) in [5.74, 6) is -1.56. The Morgan fingerprint density at radius 2 is 1.84 bits per heavy atom. The Kier molecular flexibility index (Phi) is 3.87. The lowest BCUT2D eigenvalue weighted by atomic mass is 10.3. The van der Waals surface area contributed by atoms with Gasteiger partial charge in [0.25, 0.3) is 5.56 Å². The van der Waals surface area contributed by atoms with E-state index >= 15 is 0 Å². The van der Waals surface area contributed by atoms with Crippen LogP contribution in [0.2, 0.25) is 0 Å². The molecule has 1 aromatic carbocycles. The number of anilines is 2. The number of carbonyl (C=O) groups is 1. The lowest BCUT2D eigenvalue weighted by molar-refractivity contribution is -0.137. The van der Waals surface area contributed by atoms with Crippen molar-refractivity contribution in [3.63, 3.8) is 0 Å². The van der Waals surface area contributed by atoms with E-state index in [2.05, 4.69) is 10.3 Å². The van der Waals surface area contributed by atoms with Gasteiger partial charge in [0.05, 0.1) is 0 Å². The lowest BCUT2D eigenvalue weighted by Gasteiger charge is -2.08. The van der Waals surface area contributed by atoms with Crippen molar-refractivity contribution in [2.75, 3.05) is 5.32 Å². The second kappa shape index (κ2) is 5.89. The number of hydrogen-bond acceptors (Lipinski definition) is 5. The molecule has 0 amide bonds. The minimum Gasteiger partial charge on any atom is -0.480 e. The van der Waals surface area contributed by atoms with Gasteiger partial charge in [0.2, 0.25) is 5.95 Å². The Morgan fingerprint density at radius 3 is 2.44 bits per heavy atom. The average Bonchev–Trinajstić information content (AvgIpc) is 2.91. The van der Waals surface area contributed by atoms with Crippen LogP contribution in [-0.2, 0) is 25.4 Å². The number of fused-ring (bicyclic) bond motifs is 1. The van der Waals surface area contributed by atoms with Crippen molar-refractivity contribution >= 4 is 28.8 Å². The third-order valence-electron chi connectivity index (χ3n) is 3.74. The van der Waals surface area contributed by atoms with E-state index in [0.29, 0.717) is 5.69 Å². The molecule has 3 aromatic rings. The molecule has 0 saturated heterocycles. The van der Waals surface area contributed by atoms with E-state index < -0.39 is 29.6 Å². The number of halogens is 1. The van der Waals surface area contributed by atoms with Crippen LogP contribution in [0, 0.1) is 5.82 Å². The largest absolute Gasteiger partial charge is 0.480 e. The fourth-order valence-corrected chi connectivity index (χ4v) is 2.49. The number of aryl methyl sites for hydroxylation is 1. The molecule has 0 aliphatic carbocycles. The highest BCUT2D eigenvalue weighted by Crippen LogP contribution is 2.20. The first-order valence-corrected chi connectivity index (χ1v) is 7.20. The number of rotatable bonds is 4. The number of aromatic nitrogens is 4. The first-order valence-electron chi connectivity index (χ1n) is 7.20. The molecule has 0 saturated carbocycles. The highest BCUT2D eigenvalue weighted by atomic mass is 19.1.